The molecule has 2 rings (SSSR count). The van der Waals surface area contributed by atoms with Crippen LogP contribution in [0.1, 0.15) is 20.7 Å². The van der Waals surface area contributed by atoms with Crippen LogP contribution in [-0.4, -0.2) is 41.7 Å². The molecule has 0 saturated heterocycles. The molecule has 0 radical (unpaired) electrons. The van der Waals surface area contributed by atoms with Crippen LogP contribution in [0.2, 0.25) is 0 Å². The first kappa shape index (κ1) is 21.0. The van der Waals surface area contributed by atoms with E-state index in [-0.39, 0.29) is 21.7 Å². The van der Waals surface area contributed by atoms with Gasteiger partial charge < -0.3 is 14.2 Å². The fraction of sp³-hybridized carbons (Fsp3) is 0.176. The molecule has 10 heteroatoms. The number of carbonyl (C=O) groups is 2. The predicted molar refractivity (Wildman–Crippen MR) is 106 cm³/mol. The van der Waals surface area contributed by atoms with Crippen molar-refractivity contribution in [1.82, 2.24) is 0 Å². The van der Waals surface area contributed by atoms with Gasteiger partial charge in [0, 0.05) is 0 Å². The Labute approximate surface area is 170 Å². The summed E-state index contributed by atoms with van der Waals surface area (Å²) in [5.41, 5.74) is -0.0697. The fourth-order valence-electron chi connectivity index (χ4n) is 2.18. The van der Waals surface area contributed by atoms with Crippen LogP contribution in [0.25, 0.3) is 0 Å². The van der Waals surface area contributed by atoms with Crippen molar-refractivity contribution in [3.63, 3.8) is 0 Å². The molecule has 0 atom stereocenters. The van der Waals surface area contributed by atoms with Gasteiger partial charge in [0.15, 0.2) is 0 Å². The van der Waals surface area contributed by atoms with Crippen molar-refractivity contribution in [2.24, 2.45) is 0 Å². The summed E-state index contributed by atoms with van der Waals surface area (Å²) in [6.07, 6.45) is 0. The molecular formula is C17H16INO7S. The number of rotatable bonds is 6. The molecule has 2 aromatic rings. The van der Waals surface area contributed by atoms with Crippen LogP contribution < -0.4 is 9.46 Å². The highest BCUT2D eigenvalue weighted by atomic mass is 127. The number of carbonyl (C=O) groups excluding carboxylic acids is 2. The van der Waals surface area contributed by atoms with Crippen LogP contribution in [0, 0.1) is 3.57 Å². The summed E-state index contributed by atoms with van der Waals surface area (Å²) in [4.78, 5) is 23.7. The van der Waals surface area contributed by atoms with Crippen molar-refractivity contribution < 1.29 is 32.2 Å². The Morgan fingerprint density at radius 1 is 0.963 bits per heavy atom. The lowest BCUT2D eigenvalue weighted by Gasteiger charge is -2.13. The number of hydrogen-bond acceptors (Lipinski definition) is 7. The minimum Gasteiger partial charge on any atom is -0.496 e. The van der Waals surface area contributed by atoms with E-state index in [0.717, 1.165) is 0 Å². The minimum atomic E-state index is -4.04. The first-order valence-electron chi connectivity index (χ1n) is 7.40. The molecule has 0 aliphatic heterocycles. The minimum absolute atomic E-state index is 0.0352. The number of nitrogens with one attached hydrogen (secondary N) is 1. The maximum Gasteiger partial charge on any atom is 0.339 e. The number of hydrogen-bond donors (Lipinski definition) is 1. The van der Waals surface area contributed by atoms with E-state index >= 15 is 0 Å². The van der Waals surface area contributed by atoms with Gasteiger partial charge in [-0.2, -0.15) is 0 Å². The topological polar surface area (TPSA) is 108 Å². The summed E-state index contributed by atoms with van der Waals surface area (Å²) in [6.45, 7) is 0. The molecule has 0 spiro atoms. The zero-order chi connectivity index (χ0) is 20.2. The molecule has 144 valence electrons. The Kier molecular flexibility index (Phi) is 6.65. The summed E-state index contributed by atoms with van der Waals surface area (Å²) < 4.78 is 42.8. The molecule has 0 unspecified atom stereocenters. The molecule has 0 bridgehead atoms. The average Bonchev–Trinajstić information content (AvgIpc) is 2.66. The van der Waals surface area contributed by atoms with Crippen LogP contribution in [0.15, 0.2) is 41.3 Å². The van der Waals surface area contributed by atoms with Crippen molar-refractivity contribution in [3.8, 4) is 5.75 Å². The smallest absolute Gasteiger partial charge is 0.339 e. The van der Waals surface area contributed by atoms with Gasteiger partial charge in [-0.05, 0) is 59.0 Å². The second-order valence-corrected chi connectivity index (χ2v) is 7.99. The average molecular weight is 505 g/mol. The van der Waals surface area contributed by atoms with Gasteiger partial charge >= 0.3 is 11.9 Å². The van der Waals surface area contributed by atoms with E-state index in [2.05, 4.69) is 14.2 Å². The summed E-state index contributed by atoms with van der Waals surface area (Å²) >= 11 is 1.95. The predicted octanol–water partition coefficient (Wildman–Crippen LogP) is 2.67. The molecule has 0 saturated carbocycles. The summed E-state index contributed by atoms with van der Waals surface area (Å²) in [6, 6.07) is 8.14. The Morgan fingerprint density at radius 3 is 2.19 bits per heavy atom. The van der Waals surface area contributed by atoms with Crippen LogP contribution in [0.3, 0.4) is 0 Å². The Bertz CT molecular complexity index is 989. The summed E-state index contributed by atoms with van der Waals surface area (Å²) in [7, 11) is -0.206. The molecule has 0 amide bonds. The Hall–Kier alpha value is -2.34. The molecule has 0 fully saturated rings. The van der Waals surface area contributed by atoms with E-state index in [1.165, 1.54) is 57.7 Å². The van der Waals surface area contributed by atoms with E-state index in [1.54, 1.807) is 0 Å². The van der Waals surface area contributed by atoms with Crippen molar-refractivity contribution in [2.45, 2.75) is 4.90 Å². The van der Waals surface area contributed by atoms with E-state index in [4.69, 9.17) is 4.74 Å². The van der Waals surface area contributed by atoms with Gasteiger partial charge in [-0.25, -0.2) is 18.0 Å². The van der Waals surface area contributed by atoms with Crippen LogP contribution in [0.4, 0.5) is 5.69 Å². The van der Waals surface area contributed by atoms with E-state index in [9.17, 15) is 18.0 Å². The second-order valence-electron chi connectivity index (χ2n) is 5.15. The quantitative estimate of drug-likeness (QED) is 0.475. The zero-order valence-corrected chi connectivity index (χ0v) is 17.6. The lowest BCUT2D eigenvalue weighted by molar-refractivity contribution is 0.0587. The van der Waals surface area contributed by atoms with Crippen LogP contribution >= 0.6 is 22.6 Å². The van der Waals surface area contributed by atoms with Crippen LogP contribution in [0.5, 0.6) is 5.75 Å². The molecule has 2 aromatic carbocycles. The maximum absolute atomic E-state index is 12.7. The summed E-state index contributed by atoms with van der Waals surface area (Å²) in [5, 5.41) is 0. The van der Waals surface area contributed by atoms with Gasteiger partial charge in [0.25, 0.3) is 10.0 Å². The van der Waals surface area contributed by atoms with Gasteiger partial charge in [0.2, 0.25) is 0 Å². The number of methoxy groups -OCH3 is 3. The zero-order valence-electron chi connectivity index (χ0n) is 14.6. The lowest BCUT2D eigenvalue weighted by atomic mass is 10.1. The molecule has 1 N–H and O–H groups in total. The van der Waals surface area contributed by atoms with Gasteiger partial charge in [0.05, 0.1) is 46.6 Å². The molecule has 0 aromatic heterocycles. The van der Waals surface area contributed by atoms with E-state index in [0.29, 0.717) is 9.32 Å². The highest BCUT2D eigenvalue weighted by Gasteiger charge is 2.22. The molecular weight excluding hydrogens is 489 g/mol. The molecule has 0 aliphatic rings. The van der Waals surface area contributed by atoms with Crippen molar-refractivity contribution in [2.75, 3.05) is 26.1 Å². The highest BCUT2D eigenvalue weighted by Crippen LogP contribution is 2.27. The largest absolute Gasteiger partial charge is 0.496 e. The Balaban J connectivity index is 2.51. The van der Waals surface area contributed by atoms with E-state index in [1.807, 2.05) is 22.6 Å². The molecule has 8 nitrogen and oxygen atoms in total. The number of halogens is 1. The van der Waals surface area contributed by atoms with Crippen molar-refractivity contribution >= 4 is 50.2 Å². The van der Waals surface area contributed by atoms with Crippen LogP contribution in [-0.2, 0) is 19.5 Å². The first-order chi connectivity index (χ1) is 12.7. The maximum atomic E-state index is 12.7. The highest BCUT2D eigenvalue weighted by molar-refractivity contribution is 14.1. The molecule has 27 heavy (non-hydrogen) atoms. The molecule has 0 aliphatic carbocycles. The standard InChI is InChI=1S/C17H16INO7S/c1-24-15-7-5-11(9-13(15)18)27(22,23)19-14-8-10(16(20)25-2)4-6-12(14)17(21)26-3/h4-9,19H,1-3H3. The van der Waals surface area contributed by atoms with E-state index < -0.39 is 22.0 Å². The summed E-state index contributed by atoms with van der Waals surface area (Å²) in [5.74, 6) is -0.906. The third-order valence-corrected chi connectivity index (χ3v) is 5.73. The number of anilines is 1. The van der Waals surface area contributed by atoms with Crippen molar-refractivity contribution in [1.29, 1.82) is 0 Å². The normalized spacial score (nSPS) is 10.8. The third kappa shape index (κ3) is 4.69. The second kappa shape index (κ2) is 8.57. The number of esters is 2. The fourth-order valence-corrected chi connectivity index (χ4v) is 4.22. The SMILES string of the molecule is COC(=O)c1ccc(C(=O)OC)c(NS(=O)(=O)c2ccc(OC)c(I)c2)c1. The third-order valence-electron chi connectivity index (χ3n) is 3.52. The first-order valence-corrected chi connectivity index (χ1v) is 9.96. The number of benzene rings is 2. The van der Waals surface area contributed by atoms with Gasteiger partial charge in [-0.3, -0.25) is 4.72 Å². The molecule has 0 heterocycles. The number of sulfonamides is 1. The van der Waals surface area contributed by atoms with Crippen molar-refractivity contribution in [3.05, 3.63) is 51.1 Å². The number of ether oxygens (including phenoxy) is 3. The Morgan fingerprint density at radius 2 is 1.63 bits per heavy atom. The monoisotopic (exact) mass is 505 g/mol. The van der Waals surface area contributed by atoms with Gasteiger partial charge in [-0.1, -0.05) is 0 Å². The lowest BCUT2D eigenvalue weighted by Crippen LogP contribution is -2.17. The van der Waals surface area contributed by atoms with Gasteiger partial charge in [-0.15, -0.1) is 0 Å². The van der Waals surface area contributed by atoms with Gasteiger partial charge in [0.1, 0.15) is 5.75 Å².